The van der Waals surface area contributed by atoms with Gasteiger partial charge < -0.3 is 24.1 Å². The van der Waals surface area contributed by atoms with Crippen molar-refractivity contribution in [2.24, 2.45) is 4.99 Å². The van der Waals surface area contributed by atoms with Gasteiger partial charge >= 0.3 is 0 Å². The van der Waals surface area contributed by atoms with Crippen molar-refractivity contribution >= 4 is 17.9 Å². The highest BCUT2D eigenvalue weighted by Gasteiger charge is 2.52. The third kappa shape index (κ3) is 8.69. The molecule has 0 radical (unpaired) electrons. The summed E-state index contributed by atoms with van der Waals surface area (Å²) in [6.45, 7) is 0.768. The molecule has 0 aliphatic carbocycles. The van der Waals surface area contributed by atoms with E-state index in [1.54, 1.807) is 20.3 Å². The van der Waals surface area contributed by atoms with Crippen LogP contribution in [0.1, 0.15) is 41.2 Å². The van der Waals surface area contributed by atoms with Crippen molar-refractivity contribution in [1.82, 2.24) is 10.9 Å². The summed E-state index contributed by atoms with van der Waals surface area (Å²) >= 11 is 0. The molecule has 1 aliphatic rings. The molecule has 9 nitrogen and oxygen atoms in total. The molecule has 1 amide bonds. The minimum absolute atomic E-state index is 0.0574. The quantitative estimate of drug-likeness (QED) is 0.0733. The zero-order chi connectivity index (χ0) is 36.2. The topological polar surface area (TPSA) is 111 Å². The van der Waals surface area contributed by atoms with Gasteiger partial charge in [-0.25, -0.2) is 10.4 Å². The van der Waals surface area contributed by atoms with Crippen molar-refractivity contribution in [3.05, 3.63) is 156 Å². The lowest BCUT2D eigenvalue weighted by Gasteiger charge is -2.30. The Kier molecular flexibility index (Phi) is 12.0. The predicted molar refractivity (Wildman–Crippen MR) is 203 cm³/mol. The first kappa shape index (κ1) is 35.9. The molecule has 0 fully saturated rings. The number of aliphatic hydroxyl groups is 1. The van der Waals surface area contributed by atoms with Crippen LogP contribution in [-0.4, -0.2) is 49.9 Å². The Morgan fingerprint density at radius 2 is 1.44 bits per heavy atom. The average Bonchev–Trinajstić information content (AvgIpc) is 3.59. The van der Waals surface area contributed by atoms with E-state index in [4.69, 9.17) is 29.0 Å². The zero-order valence-corrected chi connectivity index (χ0v) is 29.3. The molecule has 0 saturated heterocycles. The number of methoxy groups -OCH3 is 2. The van der Waals surface area contributed by atoms with Gasteiger partial charge in [0.05, 0.1) is 20.8 Å². The number of amides is 1. The first-order valence-electron chi connectivity index (χ1n) is 17.2. The molecule has 0 aromatic heterocycles. The second-order valence-electron chi connectivity index (χ2n) is 12.3. The van der Waals surface area contributed by atoms with Gasteiger partial charge in [0.1, 0.15) is 17.2 Å². The first-order chi connectivity index (χ1) is 25.5. The molecule has 1 heterocycles. The monoisotopic (exact) mass is 697 g/mol. The van der Waals surface area contributed by atoms with Gasteiger partial charge in [-0.05, 0) is 64.2 Å². The number of aliphatic imine (C=N–C) groups is 1. The lowest BCUT2D eigenvalue weighted by atomic mass is 9.84. The third-order valence-electron chi connectivity index (χ3n) is 8.80. The summed E-state index contributed by atoms with van der Waals surface area (Å²) in [5.74, 6) is 1.95. The largest absolute Gasteiger partial charge is 0.497 e. The smallest absolute Gasteiger partial charge is 0.266 e. The van der Waals surface area contributed by atoms with E-state index in [1.165, 1.54) is 0 Å². The Morgan fingerprint density at radius 3 is 2.10 bits per heavy atom. The predicted octanol–water partition coefficient (Wildman–Crippen LogP) is 7.31. The summed E-state index contributed by atoms with van der Waals surface area (Å²) in [5.41, 5.74) is 10.2. The van der Waals surface area contributed by atoms with Crippen molar-refractivity contribution in [2.45, 2.75) is 31.0 Å². The van der Waals surface area contributed by atoms with Crippen LogP contribution in [0.3, 0.4) is 0 Å². The summed E-state index contributed by atoms with van der Waals surface area (Å²) in [6, 6.07) is 41.1. The SMILES string of the molecule is COc1cc(CNNC(=O)[C@@]2(C/C=C/c3ccccc3)N=C(c3ccc(OCCCO)cc3)O[C@H]2c2ccc(-c3ccccc3)cc2)cc(OC)c1. The summed E-state index contributed by atoms with van der Waals surface area (Å²) in [4.78, 5) is 19.7. The number of rotatable bonds is 16. The molecule has 5 aromatic rings. The molecule has 0 spiro atoms. The van der Waals surface area contributed by atoms with E-state index in [9.17, 15) is 4.79 Å². The second-order valence-corrected chi connectivity index (χ2v) is 12.3. The van der Waals surface area contributed by atoms with Crippen LogP contribution in [0.4, 0.5) is 0 Å². The fourth-order valence-corrected chi connectivity index (χ4v) is 6.04. The van der Waals surface area contributed by atoms with Gasteiger partial charge in [0.2, 0.25) is 5.90 Å². The molecule has 5 aromatic carbocycles. The number of carbonyl (C=O) groups is 1. The van der Waals surface area contributed by atoms with E-state index < -0.39 is 11.6 Å². The van der Waals surface area contributed by atoms with Crippen LogP contribution in [0.15, 0.2) is 138 Å². The van der Waals surface area contributed by atoms with E-state index >= 15 is 0 Å². The van der Waals surface area contributed by atoms with Crippen molar-refractivity contribution in [3.63, 3.8) is 0 Å². The van der Waals surface area contributed by atoms with Crippen LogP contribution in [-0.2, 0) is 16.1 Å². The van der Waals surface area contributed by atoms with Crippen molar-refractivity contribution in [1.29, 1.82) is 0 Å². The van der Waals surface area contributed by atoms with Crippen LogP contribution in [0, 0.1) is 0 Å². The van der Waals surface area contributed by atoms with E-state index in [1.807, 2.05) is 121 Å². The minimum atomic E-state index is -1.38. The summed E-state index contributed by atoms with van der Waals surface area (Å²) < 4.78 is 23.3. The number of benzene rings is 5. The van der Waals surface area contributed by atoms with Crippen molar-refractivity contribution < 1.29 is 28.8 Å². The van der Waals surface area contributed by atoms with E-state index in [-0.39, 0.29) is 18.9 Å². The highest BCUT2D eigenvalue weighted by Crippen LogP contribution is 2.43. The summed E-state index contributed by atoms with van der Waals surface area (Å²) in [5, 5.41) is 9.13. The molecular formula is C43H43N3O6. The molecule has 0 bridgehead atoms. The minimum Gasteiger partial charge on any atom is -0.497 e. The van der Waals surface area contributed by atoms with Gasteiger partial charge in [-0.2, -0.15) is 0 Å². The molecule has 3 N–H and O–H groups in total. The lowest BCUT2D eigenvalue weighted by Crippen LogP contribution is -2.52. The van der Waals surface area contributed by atoms with Crippen molar-refractivity contribution in [2.75, 3.05) is 27.4 Å². The molecule has 0 unspecified atom stereocenters. The number of nitrogens with one attached hydrogen (secondary N) is 2. The Labute approximate surface area is 304 Å². The molecule has 2 atom stereocenters. The zero-order valence-electron chi connectivity index (χ0n) is 29.3. The number of aliphatic hydroxyl groups excluding tert-OH is 1. The Balaban J connectivity index is 1.35. The van der Waals surface area contributed by atoms with Crippen LogP contribution in [0.2, 0.25) is 0 Å². The highest BCUT2D eigenvalue weighted by molar-refractivity contribution is 6.01. The molecule has 1 aliphatic heterocycles. The van der Waals surface area contributed by atoms with Crippen LogP contribution < -0.4 is 25.1 Å². The van der Waals surface area contributed by atoms with Crippen molar-refractivity contribution in [3.8, 4) is 28.4 Å². The number of nitrogens with zero attached hydrogens (tertiary/aromatic N) is 1. The standard InChI is InChI=1S/C43H43N3O6/c1-49-38-27-32(28-39(29-38)50-2)30-44-46-42(48)43(24-9-13-31-11-5-3-6-12-31)40(35-18-16-34(17-19-35)33-14-7-4-8-15-33)52-41(45-43)36-20-22-37(23-21-36)51-26-10-25-47/h3-9,11-23,27-29,40,44,47H,10,24-26,30H2,1-2H3,(H,46,48)/b13-9+/t40-,43-/m0/s1. The maximum atomic E-state index is 14.6. The van der Waals surface area contributed by atoms with Crippen LogP contribution in [0.5, 0.6) is 17.2 Å². The fraction of sp³-hybridized carbons (Fsp3) is 0.209. The maximum Gasteiger partial charge on any atom is 0.266 e. The van der Waals surface area contributed by atoms with Gasteiger partial charge in [-0.3, -0.25) is 10.2 Å². The molecule has 52 heavy (non-hydrogen) atoms. The summed E-state index contributed by atoms with van der Waals surface area (Å²) in [7, 11) is 3.20. The van der Waals surface area contributed by atoms with Gasteiger partial charge in [0.15, 0.2) is 11.6 Å². The van der Waals surface area contributed by atoms with Gasteiger partial charge in [0, 0.05) is 37.6 Å². The number of ether oxygens (including phenoxy) is 4. The normalized spacial score (nSPS) is 16.6. The van der Waals surface area contributed by atoms with E-state index in [0.717, 1.165) is 27.8 Å². The van der Waals surface area contributed by atoms with Crippen LogP contribution in [0.25, 0.3) is 17.2 Å². The number of hydrazine groups is 1. The van der Waals surface area contributed by atoms with Gasteiger partial charge in [-0.1, -0.05) is 97.1 Å². The van der Waals surface area contributed by atoms with E-state index in [0.29, 0.717) is 48.3 Å². The summed E-state index contributed by atoms with van der Waals surface area (Å²) in [6.07, 6.45) is 4.00. The second kappa shape index (κ2) is 17.4. The molecule has 0 saturated carbocycles. The lowest BCUT2D eigenvalue weighted by molar-refractivity contribution is -0.129. The average molecular weight is 698 g/mol. The number of carbonyl (C=O) groups excluding carboxylic acids is 1. The van der Waals surface area contributed by atoms with E-state index in [2.05, 4.69) is 23.0 Å². The first-order valence-corrected chi connectivity index (χ1v) is 17.2. The third-order valence-corrected chi connectivity index (χ3v) is 8.80. The number of hydrogen-bond acceptors (Lipinski definition) is 8. The Morgan fingerprint density at radius 1 is 0.808 bits per heavy atom. The Bertz CT molecular complexity index is 1940. The van der Waals surface area contributed by atoms with Gasteiger partial charge in [0.25, 0.3) is 5.91 Å². The molecular weight excluding hydrogens is 654 g/mol. The fourth-order valence-electron chi connectivity index (χ4n) is 6.04. The number of hydrogen-bond donors (Lipinski definition) is 3. The molecule has 6 rings (SSSR count). The highest BCUT2D eigenvalue weighted by atomic mass is 16.5. The van der Waals surface area contributed by atoms with Crippen LogP contribution >= 0.6 is 0 Å². The molecule has 9 heteroatoms. The Hall–Kier alpha value is -5.90. The maximum absolute atomic E-state index is 14.6. The van der Waals surface area contributed by atoms with Gasteiger partial charge in [-0.15, -0.1) is 0 Å². The molecule has 266 valence electrons.